The lowest BCUT2D eigenvalue weighted by Gasteiger charge is -2.21. The van der Waals surface area contributed by atoms with Gasteiger partial charge in [-0.1, -0.05) is 27.7 Å². The molecule has 0 heterocycles. The van der Waals surface area contributed by atoms with Crippen LogP contribution in [0.3, 0.4) is 0 Å². The zero-order chi connectivity index (χ0) is 21.1. The Bertz CT molecular complexity index is 564. The smallest absolute Gasteiger partial charge is 0.322 e. The first-order valence-corrected chi connectivity index (χ1v) is 8.54. The molecule has 7 N–H and O–H groups in total. The molecular weight excluding hydrogens is 358 g/mol. The van der Waals surface area contributed by atoms with Crippen molar-refractivity contribution in [2.45, 2.75) is 39.8 Å². The SMILES string of the molecule is CC(C)[C@H](N)C(=O)NCC(=O)NCC(=O)N[C@H](C(=O)NCC(=O)O)C(C)C. The Morgan fingerprint density at radius 1 is 0.778 bits per heavy atom. The fraction of sp³-hybridized carbons (Fsp3) is 0.688. The number of carbonyl (C=O) groups excluding carboxylic acids is 4. The third-order valence-corrected chi connectivity index (χ3v) is 3.57. The first-order valence-electron chi connectivity index (χ1n) is 8.54. The van der Waals surface area contributed by atoms with E-state index in [4.69, 9.17) is 10.8 Å². The second kappa shape index (κ2) is 11.8. The van der Waals surface area contributed by atoms with Crippen LogP contribution >= 0.6 is 0 Å². The van der Waals surface area contributed by atoms with E-state index >= 15 is 0 Å². The van der Waals surface area contributed by atoms with Crippen LogP contribution in [0.25, 0.3) is 0 Å². The molecule has 0 unspecified atom stereocenters. The molecule has 0 aliphatic rings. The highest BCUT2D eigenvalue weighted by atomic mass is 16.4. The van der Waals surface area contributed by atoms with Crippen molar-refractivity contribution >= 4 is 29.6 Å². The van der Waals surface area contributed by atoms with Crippen molar-refractivity contribution in [3.05, 3.63) is 0 Å². The lowest BCUT2D eigenvalue weighted by molar-refractivity contribution is -0.138. The minimum atomic E-state index is -1.20. The van der Waals surface area contributed by atoms with E-state index in [1.807, 2.05) is 0 Å². The summed E-state index contributed by atoms with van der Waals surface area (Å²) in [7, 11) is 0. The van der Waals surface area contributed by atoms with Gasteiger partial charge < -0.3 is 32.1 Å². The summed E-state index contributed by atoms with van der Waals surface area (Å²) >= 11 is 0. The Balaban J connectivity index is 4.38. The van der Waals surface area contributed by atoms with Gasteiger partial charge in [0, 0.05) is 0 Å². The summed E-state index contributed by atoms with van der Waals surface area (Å²) < 4.78 is 0. The maximum atomic E-state index is 11.9. The average Bonchev–Trinajstić information content (AvgIpc) is 2.59. The van der Waals surface area contributed by atoms with Crippen molar-refractivity contribution in [1.29, 1.82) is 0 Å². The third-order valence-electron chi connectivity index (χ3n) is 3.57. The van der Waals surface area contributed by atoms with E-state index in [0.717, 1.165) is 0 Å². The van der Waals surface area contributed by atoms with Crippen molar-refractivity contribution in [2.75, 3.05) is 19.6 Å². The molecule has 0 rings (SSSR count). The van der Waals surface area contributed by atoms with Crippen molar-refractivity contribution in [3.63, 3.8) is 0 Å². The number of hydrogen-bond donors (Lipinski definition) is 6. The van der Waals surface area contributed by atoms with Gasteiger partial charge in [0.05, 0.1) is 19.1 Å². The second-order valence-electron chi connectivity index (χ2n) is 6.67. The van der Waals surface area contributed by atoms with Crippen molar-refractivity contribution in [2.24, 2.45) is 17.6 Å². The molecule has 2 atom stereocenters. The van der Waals surface area contributed by atoms with Gasteiger partial charge in [0.15, 0.2) is 0 Å². The summed E-state index contributed by atoms with van der Waals surface area (Å²) in [6.07, 6.45) is 0. The summed E-state index contributed by atoms with van der Waals surface area (Å²) in [6, 6.07) is -1.69. The maximum absolute atomic E-state index is 11.9. The molecule has 0 saturated carbocycles. The molecule has 4 amide bonds. The van der Waals surface area contributed by atoms with E-state index in [1.165, 1.54) is 0 Å². The highest BCUT2D eigenvalue weighted by Gasteiger charge is 2.24. The van der Waals surface area contributed by atoms with Crippen molar-refractivity contribution < 1.29 is 29.1 Å². The number of hydrogen-bond acceptors (Lipinski definition) is 6. The lowest BCUT2D eigenvalue weighted by Crippen LogP contribution is -2.53. The number of carbonyl (C=O) groups is 5. The number of nitrogens with two attached hydrogens (primary N) is 1. The molecular formula is C16H29N5O6. The molecule has 0 bridgehead atoms. The second-order valence-corrected chi connectivity index (χ2v) is 6.67. The summed E-state index contributed by atoms with van der Waals surface area (Å²) in [5.74, 6) is -3.91. The quantitative estimate of drug-likeness (QED) is 0.227. The largest absolute Gasteiger partial charge is 0.480 e. The summed E-state index contributed by atoms with van der Waals surface area (Å²) in [5.41, 5.74) is 5.64. The molecule has 0 aliphatic carbocycles. The van der Waals surface area contributed by atoms with E-state index < -0.39 is 54.8 Å². The predicted octanol–water partition coefficient (Wildman–Crippen LogP) is -2.46. The maximum Gasteiger partial charge on any atom is 0.322 e. The summed E-state index contributed by atoms with van der Waals surface area (Å²) in [5, 5.41) is 17.9. The standard InChI is InChI=1S/C16H29N5O6/c1-8(2)13(17)15(26)19-5-10(22)18-6-11(23)21-14(9(3)4)16(27)20-7-12(24)25/h8-9,13-14H,5-7,17H2,1-4H3,(H,18,22)(H,19,26)(H,20,27)(H,21,23)(H,24,25)/t13-,14-/m0/s1. The van der Waals surface area contributed by atoms with E-state index in [0.29, 0.717) is 0 Å². The minimum Gasteiger partial charge on any atom is -0.480 e. The zero-order valence-corrected chi connectivity index (χ0v) is 16.0. The number of rotatable bonds is 11. The fourth-order valence-electron chi connectivity index (χ4n) is 1.86. The van der Waals surface area contributed by atoms with Crippen LogP contribution in [0, 0.1) is 11.8 Å². The molecule has 0 aromatic rings. The average molecular weight is 387 g/mol. The van der Waals surface area contributed by atoms with Crippen LogP contribution in [-0.4, -0.2) is 66.4 Å². The highest BCUT2D eigenvalue weighted by molar-refractivity contribution is 5.92. The Morgan fingerprint density at radius 2 is 1.30 bits per heavy atom. The molecule has 0 radical (unpaired) electrons. The first kappa shape index (κ1) is 24.3. The van der Waals surface area contributed by atoms with Gasteiger partial charge in [-0.25, -0.2) is 0 Å². The molecule has 0 aliphatic heterocycles. The van der Waals surface area contributed by atoms with Gasteiger partial charge >= 0.3 is 5.97 Å². The molecule has 27 heavy (non-hydrogen) atoms. The van der Waals surface area contributed by atoms with E-state index in [1.54, 1.807) is 27.7 Å². The van der Waals surface area contributed by atoms with Crippen molar-refractivity contribution in [3.8, 4) is 0 Å². The van der Waals surface area contributed by atoms with Crippen LogP contribution in [-0.2, 0) is 24.0 Å². The monoisotopic (exact) mass is 387 g/mol. The van der Waals surface area contributed by atoms with Crippen LogP contribution in [0.2, 0.25) is 0 Å². The van der Waals surface area contributed by atoms with Gasteiger partial charge in [-0.3, -0.25) is 24.0 Å². The van der Waals surface area contributed by atoms with E-state index in [-0.39, 0.29) is 18.4 Å². The summed E-state index contributed by atoms with van der Waals surface area (Å²) in [4.78, 5) is 57.7. The van der Waals surface area contributed by atoms with Gasteiger partial charge in [0.2, 0.25) is 23.6 Å². The lowest BCUT2D eigenvalue weighted by atomic mass is 10.0. The highest BCUT2D eigenvalue weighted by Crippen LogP contribution is 2.01. The van der Waals surface area contributed by atoms with Crippen LogP contribution in [0.15, 0.2) is 0 Å². The Labute approximate surface area is 157 Å². The van der Waals surface area contributed by atoms with E-state index in [2.05, 4.69) is 21.3 Å². The predicted molar refractivity (Wildman–Crippen MR) is 96.2 cm³/mol. The number of aliphatic carboxylic acids is 1. The molecule has 0 aromatic carbocycles. The molecule has 0 aromatic heterocycles. The van der Waals surface area contributed by atoms with Crippen LogP contribution in [0.4, 0.5) is 0 Å². The molecule has 0 spiro atoms. The third kappa shape index (κ3) is 10.1. The zero-order valence-electron chi connectivity index (χ0n) is 16.0. The number of carboxylic acid groups (broad SMARTS) is 1. The fourth-order valence-corrected chi connectivity index (χ4v) is 1.86. The van der Waals surface area contributed by atoms with Gasteiger partial charge in [-0.15, -0.1) is 0 Å². The van der Waals surface area contributed by atoms with E-state index in [9.17, 15) is 24.0 Å². The Kier molecular flexibility index (Phi) is 10.7. The minimum absolute atomic E-state index is 0.0842. The molecule has 154 valence electrons. The topological polar surface area (TPSA) is 180 Å². The number of amides is 4. The van der Waals surface area contributed by atoms with Gasteiger partial charge in [-0.05, 0) is 11.8 Å². The number of nitrogens with one attached hydrogen (secondary N) is 4. The summed E-state index contributed by atoms with van der Waals surface area (Å²) in [6.45, 7) is 5.60. The van der Waals surface area contributed by atoms with Gasteiger partial charge in [0.25, 0.3) is 0 Å². The normalized spacial score (nSPS) is 12.9. The Morgan fingerprint density at radius 3 is 1.78 bits per heavy atom. The first-order chi connectivity index (χ1) is 12.5. The van der Waals surface area contributed by atoms with Crippen LogP contribution in [0.1, 0.15) is 27.7 Å². The number of carboxylic acids is 1. The van der Waals surface area contributed by atoms with Gasteiger partial charge in [0.1, 0.15) is 12.6 Å². The molecule has 11 nitrogen and oxygen atoms in total. The Hall–Kier alpha value is -2.69. The molecule has 11 heteroatoms. The molecule has 0 saturated heterocycles. The van der Waals surface area contributed by atoms with Crippen LogP contribution in [0.5, 0.6) is 0 Å². The van der Waals surface area contributed by atoms with Crippen molar-refractivity contribution in [1.82, 2.24) is 21.3 Å². The van der Waals surface area contributed by atoms with Gasteiger partial charge in [-0.2, -0.15) is 0 Å². The van der Waals surface area contributed by atoms with Crippen LogP contribution < -0.4 is 27.0 Å². The molecule has 0 fully saturated rings.